The smallest absolute Gasteiger partial charge is 0.410 e. The molecule has 1 fully saturated rings. The summed E-state index contributed by atoms with van der Waals surface area (Å²) in [4.78, 5) is 13.8. The number of hydrogen-bond acceptors (Lipinski definition) is 4. The summed E-state index contributed by atoms with van der Waals surface area (Å²) in [6.07, 6.45) is 8.39. The maximum Gasteiger partial charge on any atom is 0.410 e. The third-order valence-corrected chi connectivity index (χ3v) is 5.17. The fourth-order valence-corrected chi connectivity index (χ4v) is 3.61. The van der Waals surface area contributed by atoms with Crippen LogP contribution in [0, 0.1) is 5.92 Å². The molecule has 1 rings (SSSR count). The van der Waals surface area contributed by atoms with Crippen molar-refractivity contribution in [2.75, 3.05) is 25.1 Å². The number of piperidine rings is 1. The van der Waals surface area contributed by atoms with Crippen molar-refractivity contribution in [2.24, 2.45) is 5.92 Å². The maximum absolute atomic E-state index is 12.0. The van der Waals surface area contributed by atoms with Gasteiger partial charge in [-0.15, -0.1) is 0 Å². The van der Waals surface area contributed by atoms with Gasteiger partial charge in [0.2, 0.25) is 0 Å². The van der Waals surface area contributed by atoms with Crippen molar-refractivity contribution >= 4 is 15.9 Å². The van der Waals surface area contributed by atoms with Gasteiger partial charge in [-0.2, -0.15) is 0 Å². The van der Waals surface area contributed by atoms with E-state index in [0.717, 1.165) is 51.6 Å². The molecule has 0 atom stereocenters. The van der Waals surface area contributed by atoms with Crippen molar-refractivity contribution in [2.45, 2.75) is 71.3 Å². The summed E-state index contributed by atoms with van der Waals surface area (Å²) in [6.45, 7) is 7.24. The summed E-state index contributed by atoms with van der Waals surface area (Å²) < 4.78 is 27.5. The molecule has 136 valence electrons. The van der Waals surface area contributed by atoms with E-state index in [1.165, 1.54) is 12.7 Å². The van der Waals surface area contributed by atoms with Crippen LogP contribution in [0.25, 0.3) is 0 Å². The van der Waals surface area contributed by atoms with Crippen LogP contribution in [0.15, 0.2) is 0 Å². The number of unbranched alkanes of at least 4 members (excludes halogenated alkanes) is 3. The number of nitrogens with zero attached hydrogens (tertiary/aromatic N) is 1. The van der Waals surface area contributed by atoms with Gasteiger partial charge in [0.15, 0.2) is 0 Å². The molecule has 1 aliphatic heterocycles. The highest BCUT2D eigenvalue weighted by Gasteiger charge is 2.26. The summed E-state index contributed by atoms with van der Waals surface area (Å²) in [5.74, 6) is 0.991. The number of hydrogen-bond donors (Lipinski definition) is 0. The highest BCUT2D eigenvalue weighted by atomic mass is 32.2. The maximum atomic E-state index is 12.0. The van der Waals surface area contributed by atoms with Gasteiger partial charge in [-0.25, -0.2) is 13.2 Å². The van der Waals surface area contributed by atoms with Gasteiger partial charge >= 0.3 is 6.09 Å². The molecule has 0 unspecified atom stereocenters. The number of amides is 1. The SMILES string of the molecule is CC(C)(C)OC(=O)N1CCC(CCCCCCS(C)(=O)=O)CC1. The minimum Gasteiger partial charge on any atom is -0.444 e. The fourth-order valence-electron chi connectivity index (χ4n) is 2.88. The molecule has 0 aromatic heterocycles. The van der Waals surface area contributed by atoms with E-state index >= 15 is 0 Å². The van der Waals surface area contributed by atoms with Gasteiger partial charge in [0.1, 0.15) is 15.4 Å². The average Bonchev–Trinajstić information content (AvgIpc) is 2.40. The third kappa shape index (κ3) is 9.84. The average molecular weight is 348 g/mol. The lowest BCUT2D eigenvalue weighted by molar-refractivity contribution is 0.0180. The Balaban J connectivity index is 2.11. The Kier molecular flexibility index (Phi) is 7.84. The lowest BCUT2D eigenvalue weighted by Gasteiger charge is -2.33. The molecule has 0 aliphatic carbocycles. The molecule has 0 N–H and O–H groups in total. The first-order valence-electron chi connectivity index (χ1n) is 8.72. The van der Waals surface area contributed by atoms with Gasteiger partial charge in [-0.05, 0) is 46.0 Å². The minimum absolute atomic E-state index is 0.197. The molecule has 5 nitrogen and oxygen atoms in total. The third-order valence-electron chi connectivity index (χ3n) is 4.14. The molecule has 0 bridgehead atoms. The predicted octanol–water partition coefficient (Wildman–Crippen LogP) is 3.63. The van der Waals surface area contributed by atoms with Crippen molar-refractivity contribution in [3.63, 3.8) is 0 Å². The topological polar surface area (TPSA) is 63.7 Å². The second-order valence-corrected chi connectivity index (χ2v) is 10.0. The van der Waals surface area contributed by atoms with Crippen LogP contribution in [0.4, 0.5) is 4.79 Å². The van der Waals surface area contributed by atoms with E-state index in [1.54, 1.807) is 0 Å². The van der Waals surface area contributed by atoms with Crippen molar-refractivity contribution < 1.29 is 17.9 Å². The molecule has 23 heavy (non-hydrogen) atoms. The Hall–Kier alpha value is -0.780. The molecule has 0 aromatic rings. The van der Waals surface area contributed by atoms with Crippen LogP contribution >= 0.6 is 0 Å². The Morgan fingerprint density at radius 3 is 2.17 bits per heavy atom. The Labute approximate surface area is 141 Å². The Morgan fingerprint density at radius 1 is 1.09 bits per heavy atom. The number of carbonyl (C=O) groups excluding carboxylic acids is 1. The number of rotatable bonds is 7. The standard InChI is InChI=1S/C17H33NO4S/c1-17(2,3)22-16(19)18-12-10-15(11-13-18)9-7-5-6-8-14-23(4,20)21/h15H,5-14H2,1-4H3. The van der Waals surface area contributed by atoms with Gasteiger partial charge in [0.05, 0.1) is 0 Å². The van der Waals surface area contributed by atoms with Crippen molar-refractivity contribution in [1.29, 1.82) is 0 Å². The summed E-state index contributed by atoms with van der Waals surface area (Å²) >= 11 is 0. The van der Waals surface area contributed by atoms with Crippen LogP contribution in [-0.4, -0.2) is 50.1 Å². The van der Waals surface area contributed by atoms with E-state index < -0.39 is 15.4 Å². The van der Waals surface area contributed by atoms with Crippen LogP contribution < -0.4 is 0 Å². The Morgan fingerprint density at radius 2 is 1.65 bits per heavy atom. The van der Waals surface area contributed by atoms with Crippen molar-refractivity contribution in [1.82, 2.24) is 4.90 Å². The first-order valence-corrected chi connectivity index (χ1v) is 10.8. The zero-order valence-corrected chi connectivity index (χ0v) is 16.0. The molecular formula is C17H33NO4S. The molecule has 1 amide bonds. The summed E-state index contributed by atoms with van der Waals surface area (Å²) in [7, 11) is -2.81. The Bertz CT molecular complexity index is 459. The molecule has 0 spiro atoms. The van der Waals surface area contributed by atoms with E-state index in [1.807, 2.05) is 25.7 Å². The first kappa shape index (κ1) is 20.3. The fraction of sp³-hybridized carbons (Fsp3) is 0.941. The summed E-state index contributed by atoms with van der Waals surface area (Å²) in [5, 5.41) is 0. The second-order valence-electron chi connectivity index (χ2n) is 7.74. The van der Waals surface area contributed by atoms with E-state index in [2.05, 4.69) is 0 Å². The molecule has 1 saturated heterocycles. The zero-order chi connectivity index (χ0) is 17.5. The van der Waals surface area contributed by atoms with Crippen LogP contribution in [0.3, 0.4) is 0 Å². The van der Waals surface area contributed by atoms with E-state index in [0.29, 0.717) is 11.7 Å². The summed E-state index contributed by atoms with van der Waals surface area (Å²) in [6, 6.07) is 0. The number of ether oxygens (including phenoxy) is 1. The van der Waals surface area contributed by atoms with Gasteiger partial charge < -0.3 is 9.64 Å². The summed E-state index contributed by atoms with van der Waals surface area (Å²) in [5.41, 5.74) is -0.431. The number of carbonyl (C=O) groups is 1. The molecular weight excluding hydrogens is 314 g/mol. The quantitative estimate of drug-likeness (QED) is 0.660. The predicted molar refractivity (Wildman–Crippen MR) is 93.3 cm³/mol. The molecule has 1 heterocycles. The first-order chi connectivity index (χ1) is 10.6. The molecule has 6 heteroatoms. The zero-order valence-electron chi connectivity index (χ0n) is 15.1. The van der Waals surface area contributed by atoms with Gasteiger partial charge in [0.25, 0.3) is 0 Å². The van der Waals surface area contributed by atoms with Crippen LogP contribution in [0.1, 0.15) is 65.7 Å². The number of sulfone groups is 1. The normalized spacial score (nSPS) is 17.3. The van der Waals surface area contributed by atoms with Gasteiger partial charge in [-0.1, -0.05) is 25.7 Å². The van der Waals surface area contributed by atoms with E-state index in [9.17, 15) is 13.2 Å². The van der Waals surface area contributed by atoms with Crippen LogP contribution in [0.2, 0.25) is 0 Å². The molecule has 1 aliphatic rings. The van der Waals surface area contributed by atoms with Gasteiger partial charge in [-0.3, -0.25) is 0 Å². The van der Waals surface area contributed by atoms with Gasteiger partial charge in [0, 0.05) is 25.1 Å². The molecule has 0 radical (unpaired) electrons. The van der Waals surface area contributed by atoms with Crippen molar-refractivity contribution in [3.05, 3.63) is 0 Å². The van der Waals surface area contributed by atoms with Crippen LogP contribution in [-0.2, 0) is 14.6 Å². The highest BCUT2D eigenvalue weighted by Crippen LogP contribution is 2.24. The number of likely N-dealkylation sites (tertiary alicyclic amines) is 1. The van der Waals surface area contributed by atoms with Crippen LogP contribution in [0.5, 0.6) is 0 Å². The van der Waals surface area contributed by atoms with E-state index in [4.69, 9.17) is 4.74 Å². The lowest BCUT2D eigenvalue weighted by atomic mass is 9.91. The van der Waals surface area contributed by atoms with E-state index in [-0.39, 0.29) is 6.09 Å². The second kappa shape index (κ2) is 8.90. The lowest BCUT2D eigenvalue weighted by Crippen LogP contribution is -2.41. The van der Waals surface area contributed by atoms with Crippen molar-refractivity contribution in [3.8, 4) is 0 Å². The molecule has 0 saturated carbocycles. The monoisotopic (exact) mass is 347 g/mol. The highest BCUT2D eigenvalue weighted by molar-refractivity contribution is 7.90. The largest absolute Gasteiger partial charge is 0.444 e. The minimum atomic E-state index is -2.81. The molecule has 0 aromatic carbocycles.